The highest BCUT2D eigenvalue weighted by Gasteiger charge is 2.31. The van der Waals surface area contributed by atoms with Crippen LogP contribution in [0.25, 0.3) is 0 Å². The van der Waals surface area contributed by atoms with Crippen molar-refractivity contribution in [2.75, 3.05) is 25.1 Å². The van der Waals surface area contributed by atoms with E-state index in [0.29, 0.717) is 12.4 Å². The van der Waals surface area contributed by atoms with E-state index in [2.05, 4.69) is 9.88 Å². The highest BCUT2D eigenvalue weighted by molar-refractivity contribution is 5.49. The fraction of sp³-hybridized carbons (Fsp3) is 0.545. The van der Waals surface area contributed by atoms with Crippen molar-refractivity contribution in [3.8, 4) is 5.88 Å². The van der Waals surface area contributed by atoms with Gasteiger partial charge in [0.2, 0.25) is 5.88 Å². The fourth-order valence-electron chi connectivity index (χ4n) is 1.87. The van der Waals surface area contributed by atoms with E-state index in [1.54, 1.807) is 13.3 Å². The predicted molar refractivity (Wildman–Crippen MR) is 58.2 cm³/mol. The van der Waals surface area contributed by atoms with Gasteiger partial charge in [0, 0.05) is 31.0 Å². The monoisotopic (exact) mass is 208 g/mol. The highest BCUT2D eigenvalue weighted by atomic mass is 16.5. The molecule has 15 heavy (non-hydrogen) atoms. The van der Waals surface area contributed by atoms with Crippen LogP contribution < -0.4 is 9.64 Å². The average molecular weight is 208 g/mol. The number of β-amino-alcohol motifs (C(OH)–C–C–N with tert-alkyl or cyclic N) is 1. The second-order valence-electron chi connectivity index (χ2n) is 4.22. The van der Waals surface area contributed by atoms with Gasteiger partial charge in [0.05, 0.1) is 12.7 Å². The Morgan fingerprint density at radius 2 is 2.40 bits per heavy atom. The number of nitrogens with zero attached hydrogens (tertiary/aromatic N) is 2. The molecule has 1 N–H and O–H groups in total. The number of anilines is 1. The molecule has 2 rings (SSSR count). The van der Waals surface area contributed by atoms with Gasteiger partial charge in [-0.1, -0.05) is 0 Å². The van der Waals surface area contributed by atoms with Crippen molar-refractivity contribution < 1.29 is 9.84 Å². The van der Waals surface area contributed by atoms with Crippen molar-refractivity contribution in [2.45, 2.75) is 18.9 Å². The minimum atomic E-state index is -0.573. The zero-order valence-corrected chi connectivity index (χ0v) is 9.10. The normalized spacial score (nSPS) is 25.7. The molecule has 1 aliphatic rings. The zero-order chi connectivity index (χ0) is 10.9. The molecule has 1 fully saturated rings. The lowest BCUT2D eigenvalue weighted by atomic mass is 10.1. The lowest BCUT2D eigenvalue weighted by Gasteiger charge is -2.20. The van der Waals surface area contributed by atoms with Gasteiger partial charge in [-0.05, 0) is 19.4 Å². The first-order valence-corrected chi connectivity index (χ1v) is 5.08. The molecule has 1 aliphatic heterocycles. The molecule has 1 saturated heterocycles. The molecule has 0 amide bonds. The largest absolute Gasteiger partial charge is 0.481 e. The van der Waals surface area contributed by atoms with Gasteiger partial charge in [-0.2, -0.15) is 0 Å². The number of hydrogen-bond donors (Lipinski definition) is 1. The molecular formula is C11H16N2O2. The first kappa shape index (κ1) is 10.2. The summed E-state index contributed by atoms with van der Waals surface area (Å²) in [4.78, 5) is 6.20. The van der Waals surface area contributed by atoms with Gasteiger partial charge in [-0.25, -0.2) is 4.98 Å². The maximum Gasteiger partial charge on any atom is 0.214 e. The number of pyridine rings is 1. The average Bonchev–Trinajstić information content (AvgIpc) is 2.59. The Morgan fingerprint density at radius 1 is 1.60 bits per heavy atom. The van der Waals surface area contributed by atoms with Gasteiger partial charge in [0.25, 0.3) is 0 Å². The Morgan fingerprint density at radius 3 is 3.00 bits per heavy atom. The quantitative estimate of drug-likeness (QED) is 0.789. The number of aliphatic hydroxyl groups is 1. The third-order valence-corrected chi connectivity index (χ3v) is 2.74. The summed E-state index contributed by atoms with van der Waals surface area (Å²) in [5.41, 5.74) is 0.482. The van der Waals surface area contributed by atoms with Crippen molar-refractivity contribution in [3.63, 3.8) is 0 Å². The van der Waals surface area contributed by atoms with Crippen LogP contribution in [0.2, 0.25) is 0 Å². The van der Waals surface area contributed by atoms with Crippen LogP contribution in [0.5, 0.6) is 5.88 Å². The minimum Gasteiger partial charge on any atom is -0.481 e. The molecule has 4 heteroatoms. The standard InChI is InChI=1S/C11H16N2O2/c1-11(14)4-6-13(8-11)9-3-5-12-10(7-9)15-2/h3,5,7,14H,4,6,8H2,1-2H3. The second-order valence-corrected chi connectivity index (χ2v) is 4.22. The Bertz CT molecular complexity index is 352. The van der Waals surface area contributed by atoms with Gasteiger partial charge in [-0.3, -0.25) is 0 Å². The molecular weight excluding hydrogens is 192 g/mol. The second kappa shape index (κ2) is 3.70. The van der Waals surface area contributed by atoms with Crippen LogP contribution >= 0.6 is 0 Å². The molecule has 0 aliphatic carbocycles. The van der Waals surface area contributed by atoms with Crippen LogP contribution in [0.15, 0.2) is 18.3 Å². The van der Waals surface area contributed by atoms with Gasteiger partial charge in [0.15, 0.2) is 0 Å². The van der Waals surface area contributed by atoms with Gasteiger partial charge in [0.1, 0.15) is 0 Å². The summed E-state index contributed by atoms with van der Waals surface area (Å²) in [6, 6.07) is 3.82. The lowest BCUT2D eigenvalue weighted by molar-refractivity contribution is 0.0839. The first-order valence-electron chi connectivity index (χ1n) is 5.08. The predicted octanol–water partition coefficient (Wildman–Crippen LogP) is 1.05. The molecule has 1 aromatic heterocycles. The van der Waals surface area contributed by atoms with Crippen LogP contribution in [0.3, 0.4) is 0 Å². The van der Waals surface area contributed by atoms with E-state index in [1.165, 1.54) is 0 Å². The third-order valence-electron chi connectivity index (χ3n) is 2.74. The molecule has 82 valence electrons. The summed E-state index contributed by atoms with van der Waals surface area (Å²) in [6.07, 6.45) is 2.53. The SMILES string of the molecule is COc1cc(N2CCC(C)(O)C2)ccn1. The third kappa shape index (κ3) is 2.21. The summed E-state index contributed by atoms with van der Waals surface area (Å²) in [5.74, 6) is 0.610. The zero-order valence-electron chi connectivity index (χ0n) is 9.10. The molecule has 0 aromatic carbocycles. The maximum absolute atomic E-state index is 9.86. The first-order chi connectivity index (χ1) is 7.11. The van der Waals surface area contributed by atoms with E-state index < -0.39 is 5.60 Å². The smallest absolute Gasteiger partial charge is 0.214 e. The minimum absolute atomic E-state index is 0.573. The molecule has 2 heterocycles. The Kier molecular flexibility index (Phi) is 2.52. The number of ether oxygens (including phenoxy) is 1. The van der Waals surface area contributed by atoms with Crippen molar-refractivity contribution in [1.82, 2.24) is 4.98 Å². The van der Waals surface area contributed by atoms with Gasteiger partial charge in [-0.15, -0.1) is 0 Å². The van der Waals surface area contributed by atoms with Gasteiger partial charge >= 0.3 is 0 Å². The highest BCUT2D eigenvalue weighted by Crippen LogP contribution is 2.27. The number of aromatic nitrogens is 1. The summed E-state index contributed by atoms with van der Waals surface area (Å²) in [5, 5.41) is 9.86. The topological polar surface area (TPSA) is 45.6 Å². The van der Waals surface area contributed by atoms with Crippen LogP contribution in [-0.2, 0) is 0 Å². The molecule has 0 saturated carbocycles. The van der Waals surface area contributed by atoms with Crippen molar-refractivity contribution >= 4 is 5.69 Å². The molecule has 1 aromatic rings. The van der Waals surface area contributed by atoms with Crippen LogP contribution in [0.1, 0.15) is 13.3 Å². The van der Waals surface area contributed by atoms with E-state index in [0.717, 1.165) is 18.7 Å². The van der Waals surface area contributed by atoms with Crippen LogP contribution in [0, 0.1) is 0 Å². The van der Waals surface area contributed by atoms with E-state index in [9.17, 15) is 5.11 Å². The van der Waals surface area contributed by atoms with Crippen LogP contribution in [0.4, 0.5) is 5.69 Å². The molecule has 4 nitrogen and oxygen atoms in total. The van der Waals surface area contributed by atoms with Crippen molar-refractivity contribution in [1.29, 1.82) is 0 Å². The summed E-state index contributed by atoms with van der Waals surface area (Å²) >= 11 is 0. The lowest BCUT2D eigenvalue weighted by Crippen LogP contribution is -2.29. The molecule has 0 bridgehead atoms. The summed E-state index contributed by atoms with van der Waals surface area (Å²) < 4.78 is 5.07. The van der Waals surface area contributed by atoms with E-state index in [1.807, 2.05) is 19.1 Å². The van der Waals surface area contributed by atoms with E-state index in [4.69, 9.17) is 4.74 Å². The number of rotatable bonds is 2. The van der Waals surface area contributed by atoms with E-state index >= 15 is 0 Å². The fourth-order valence-corrected chi connectivity index (χ4v) is 1.87. The number of hydrogen-bond acceptors (Lipinski definition) is 4. The van der Waals surface area contributed by atoms with Crippen LogP contribution in [-0.4, -0.2) is 35.9 Å². The Labute approximate surface area is 89.5 Å². The van der Waals surface area contributed by atoms with Crippen molar-refractivity contribution in [2.24, 2.45) is 0 Å². The number of methoxy groups -OCH3 is 1. The molecule has 0 spiro atoms. The molecule has 1 atom stereocenters. The Hall–Kier alpha value is -1.29. The molecule has 1 unspecified atom stereocenters. The Balaban J connectivity index is 2.16. The summed E-state index contributed by atoms with van der Waals surface area (Å²) in [6.45, 7) is 3.41. The van der Waals surface area contributed by atoms with E-state index in [-0.39, 0.29) is 0 Å². The summed E-state index contributed by atoms with van der Waals surface area (Å²) in [7, 11) is 1.60. The molecule has 0 radical (unpaired) electrons. The van der Waals surface area contributed by atoms with Gasteiger partial charge < -0.3 is 14.7 Å². The van der Waals surface area contributed by atoms with Crippen molar-refractivity contribution in [3.05, 3.63) is 18.3 Å². The maximum atomic E-state index is 9.86.